The second kappa shape index (κ2) is 5.70. The predicted molar refractivity (Wildman–Crippen MR) is 75.8 cm³/mol. The van der Waals surface area contributed by atoms with Gasteiger partial charge in [0.1, 0.15) is 0 Å². The Morgan fingerprint density at radius 1 is 1.26 bits per heavy atom. The van der Waals surface area contributed by atoms with Gasteiger partial charge in [0.25, 0.3) is 0 Å². The molecule has 3 N–H and O–H groups in total. The standard InChI is InChI=1S/C15H28N2O2/c1-10-4-7-13(11(2)8-10)16-14(19)17-15(3,9-18)12-5-6-12/h10-13,18H,4-9H2,1-3H3,(H2,16,17,19). The van der Waals surface area contributed by atoms with E-state index in [9.17, 15) is 9.90 Å². The van der Waals surface area contributed by atoms with Gasteiger partial charge in [0.15, 0.2) is 0 Å². The molecular weight excluding hydrogens is 240 g/mol. The first-order valence-electron chi connectivity index (χ1n) is 7.64. The van der Waals surface area contributed by atoms with E-state index in [2.05, 4.69) is 24.5 Å². The summed E-state index contributed by atoms with van der Waals surface area (Å²) in [6, 6.07) is 0.160. The molecule has 2 saturated carbocycles. The number of amides is 2. The summed E-state index contributed by atoms with van der Waals surface area (Å²) in [6.07, 6.45) is 5.65. The highest BCUT2D eigenvalue weighted by Gasteiger charge is 2.42. The van der Waals surface area contributed by atoms with Crippen LogP contribution in [-0.4, -0.2) is 29.3 Å². The fourth-order valence-corrected chi connectivity index (χ4v) is 3.33. The van der Waals surface area contributed by atoms with Gasteiger partial charge in [-0.1, -0.05) is 13.8 Å². The molecule has 0 radical (unpaired) electrons. The number of hydrogen-bond acceptors (Lipinski definition) is 2. The van der Waals surface area contributed by atoms with Crippen molar-refractivity contribution in [2.24, 2.45) is 17.8 Å². The van der Waals surface area contributed by atoms with Crippen molar-refractivity contribution in [1.29, 1.82) is 0 Å². The van der Waals surface area contributed by atoms with Crippen LogP contribution in [0.15, 0.2) is 0 Å². The summed E-state index contributed by atoms with van der Waals surface area (Å²) in [5.41, 5.74) is -0.449. The van der Waals surface area contributed by atoms with E-state index in [1.807, 2.05) is 6.92 Å². The topological polar surface area (TPSA) is 61.4 Å². The van der Waals surface area contributed by atoms with Crippen molar-refractivity contribution in [3.63, 3.8) is 0 Å². The lowest BCUT2D eigenvalue weighted by Gasteiger charge is -2.35. The number of aliphatic hydroxyl groups is 1. The first kappa shape index (κ1) is 14.6. The highest BCUT2D eigenvalue weighted by molar-refractivity contribution is 5.75. The monoisotopic (exact) mass is 268 g/mol. The summed E-state index contributed by atoms with van der Waals surface area (Å²) in [5.74, 6) is 1.74. The smallest absolute Gasteiger partial charge is 0.315 e. The number of nitrogens with one attached hydrogen (secondary N) is 2. The predicted octanol–water partition coefficient (Wildman–Crippen LogP) is 2.27. The Morgan fingerprint density at radius 2 is 1.95 bits per heavy atom. The lowest BCUT2D eigenvalue weighted by atomic mass is 9.80. The van der Waals surface area contributed by atoms with Gasteiger partial charge in [-0.25, -0.2) is 4.79 Å². The van der Waals surface area contributed by atoms with Crippen LogP contribution < -0.4 is 10.6 Å². The molecule has 4 atom stereocenters. The molecule has 0 heterocycles. The van der Waals surface area contributed by atoms with E-state index in [1.165, 1.54) is 12.8 Å². The van der Waals surface area contributed by atoms with Crippen molar-refractivity contribution >= 4 is 6.03 Å². The average Bonchev–Trinajstić information content (AvgIpc) is 3.17. The third-order valence-corrected chi connectivity index (χ3v) is 4.95. The average molecular weight is 268 g/mol. The largest absolute Gasteiger partial charge is 0.394 e. The van der Waals surface area contributed by atoms with Crippen LogP contribution in [0.25, 0.3) is 0 Å². The van der Waals surface area contributed by atoms with Gasteiger partial charge in [0.05, 0.1) is 12.1 Å². The second-order valence-corrected chi connectivity index (χ2v) is 6.95. The normalized spacial score (nSPS) is 34.4. The number of urea groups is 1. The minimum absolute atomic E-state index is 0.0162. The molecule has 0 aromatic heterocycles. The van der Waals surface area contributed by atoms with Crippen LogP contribution in [0.4, 0.5) is 4.79 Å². The third-order valence-electron chi connectivity index (χ3n) is 4.95. The molecule has 0 aromatic rings. The van der Waals surface area contributed by atoms with E-state index in [1.54, 1.807) is 0 Å². The van der Waals surface area contributed by atoms with Crippen LogP contribution in [0.1, 0.15) is 52.9 Å². The molecule has 0 spiro atoms. The Bertz CT molecular complexity index is 330. The fraction of sp³-hybridized carbons (Fsp3) is 0.933. The molecule has 2 rings (SSSR count). The first-order valence-corrected chi connectivity index (χ1v) is 7.64. The highest BCUT2D eigenvalue weighted by atomic mass is 16.3. The second-order valence-electron chi connectivity index (χ2n) is 6.95. The van der Waals surface area contributed by atoms with Gasteiger partial charge in [0.2, 0.25) is 0 Å². The molecule has 4 nitrogen and oxygen atoms in total. The van der Waals surface area contributed by atoms with Gasteiger partial charge >= 0.3 is 6.03 Å². The summed E-state index contributed by atoms with van der Waals surface area (Å²) in [5, 5.41) is 15.6. The van der Waals surface area contributed by atoms with Crippen LogP contribution in [-0.2, 0) is 0 Å². The summed E-state index contributed by atoms with van der Waals surface area (Å²) in [6.45, 7) is 6.45. The Labute approximate surface area is 116 Å². The number of hydrogen-bond donors (Lipinski definition) is 3. The number of aliphatic hydroxyl groups excluding tert-OH is 1. The fourth-order valence-electron chi connectivity index (χ4n) is 3.33. The van der Waals surface area contributed by atoms with Crippen LogP contribution >= 0.6 is 0 Å². The zero-order valence-corrected chi connectivity index (χ0v) is 12.4. The third kappa shape index (κ3) is 3.62. The molecule has 2 aliphatic rings. The molecule has 4 unspecified atom stereocenters. The molecule has 0 aliphatic heterocycles. The Kier molecular flexibility index (Phi) is 4.39. The summed E-state index contributed by atoms with van der Waals surface area (Å²) >= 11 is 0. The zero-order chi connectivity index (χ0) is 14.0. The number of rotatable bonds is 4. The molecule has 0 bridgehead atoms. The number of carbonyl (C=O) groups is 1. The summed E-state index contributed by atoms with van der Waals surface area (Å²) in [7, 11) is 0. The van der Waals surface area contributed by atoms with Crippen LogP contribution in [0, 0.1) is 17.8 Å². The van der Waals surface area contributed by atoms with Gasteiger partial charge in [-0.15, -0.1) is 0 Å². The van der Waals surface area contributed by atoms with E-state index in [4.69, 9.17) is 0 Å². The molecular formula is C15H28N2O2. The molecule has 0 aromatic carbocycles. The molecule has 4 heteroatoms. The van der Waals surface area contributed by atoms with Gasteiger partial charge in [-0.3, -0.25) is 0 Å². The maximum Gasteiger partial charge on any atom is 0.315 e. The van der Waals surface area contributed by atoms with E-state index in [-0.39, 0.29) is 18.7 Å². The lowest BCUT2D eigenvalue weighted by Crippen LogP contribution is -2.56. The molecule has 19 heavy (non-hydrogen) atoms. The van der Waals surface area contributed by atoms with Crippen molar-refractivity contribution in [2.45, 2.75) is 64.5 Å². The maximum atomic E-state index is 12.1. The zero-order valence-electron chi connectivity index (χ0n) is 12.4. The minimum atomic E-state index is -0.449. The molecule has 110 valence electrons. The van der Waals surface area contributed by atoms with E-state index >= 15 is 0 Å². The van der Waals surface area contributed by atoms with Crippen molar-refractivity contribution in [3.8, 4) is 0 Å². The van der Waals surface area contributed by atoms with Crippen LogP contribution in [0.2, 0.25) is 0 Å². The first-order chi connectivity index (χ1) is 8.94. The van der Waals surface area contributed by atoms with Gasteiger partial charge in [-0.05, 0) is 56.8 Å². The molecule has 2 amide bonds. The Hall–Kier alpha value is -0.770. The van der Waals surface area contributed by atoms with Gasteiger partial charge < -0.3 is 15.7 Å². The highest BCUT2D eigenvalue weighted by Crippen LogP contribution is 2.39. The number of carbonyl (C=O) groups excluding carboxylic acids is 1. The lowest BCUT2D eigenvalue weighted by molar-refractivity contribution is 0.149. The van der Waals surface area contributed by atoms with Crippen molar-refractivity contribution in [2.75, 3.05) is 6.61 Å². The van der Waals surface area contributed by atoms with Gasteiger partial charge in [-0.2, -0.15) is 0 Å². The van der Waals surface area contributed by atoms with E-state index in [0.717, 1.165) is 25.2 Å². The summed E-state index contributed by atoms with van der Waals surface area (Å²) < 4.78 is 0. The maximum absolute atomic E-state index is 12.1. The van der Waals surface area contributed by atoms with Gasteiger partial charge in [0, 0.05) is 6.04 Å². The Morgan fingerprint density at radius 3 is 2.47 bits per heavy atom. The SMILES string of the molecule is CC1CCC(NC(=O)NC(C)(CO)C2CC2)C(C)C1. The van der Waals surface area contributed by atoms with E-state index < -0.39 is 5.54 Å². The summed E-state index contributed by atoms with van der Waals surface area (Å²) in [4.78, 5) is 12.1. The molecule has 2 fully saturated rings. The van der Waals surface area contributed by atoms with Crippen molar-refractivity contribution in [3.05, 3.63) is 0 Å². The van der Waals surface area contributed by atoms with Crippen molar-refractivity contribution < 1.29 is 9.90 Å². The van der Waals surface area contributed by atoms with Crippen molar-refractivity contribution in [1.82, 2.24) is 10.6 Å². The van der Waals surface area contributed by atoms with Crippen LogP contribution in [0.5, 0.6) is 0 Å². The minimum Gasteiger partial charge on any atom is -0.394 e. The molecule has 2 aliphatic carbocycles. The quantitative estimate of drug-likeness (QED) is 0.732. The van der Waals surface area contributed by atoms with Crippen LogP contribution in [0.3, 0.4) is 0 Å². The van der Waals surface area contributed by atoms with E-state index in [0.29, 0.717) is 11.8 Å². The Balaban J connectivity index is 1.83. The molecule has 0 saturated heterocycles.